The Hall–Kier alpha value is -4.18. The molecule has 3 aromatic rings. The van der Waals surface area contributed by atoms with Crippen LogP contribution in [-0.2, 0) is 11.3 Å². The van der Waals surface area contributed by atoms with Crippen molar-refractivity contribution in [2.24, 2.45) is 11.3 Å². The van der Waals surface area contributed by atoms with E-state index in [1.807, 2.05) is 60.1 Å². The molecule has 1 aliphatic carbocycles. The van der Waals surface area contributed by atoms with Gasteiger partial charge in [-0.1, -0.05) is 57.2 Å². The van der Waals surface area contributed by atoms with Gasteiger partial charge in [-0.2, -0.15) is 8.78 Å². The van der Waals surface area contributed by atoms with Gasteiger partial charge in [-0.05, 0) is 96.0 Å². The van der Waals surface area contributed by atoms with Crippen LogP contribution in [0, 0.1) is 11.3 Å². The summed E-state index contributed by atoms with van der Waals surface area (Å²) in [6.45, 7) is 5.71. The van der Waals surface area contributed by atoms with Crippen molar-refractivity contribution in [1.82, 2.24) is 5.32 Å². The smallest absolute Gasteiger partial charge is 0.376 e. The number of carboxylic acid groups (broad SMARTS) is 1. The number of allylic oxidation sites excluding steroid dienone is 2. The molecule has 0 heterocycles. The Morgan fingerprint density at radius 3 is 2.27 bits per heavy atom. The minimum Gasteiger partial charge on any atom is -0.477 e. The highest BCUT2D eigenvalue weighted by atomic mass is 32.2. The molecule has 0 fully saturated rings. The SMILES string of the molecule is CSc1cccc(NC(=O)N(Cc2ccc(C(=O)NCC(F)(F)C(=O)O)cc2)c2ccc(C3=CCC(C(C)(C)C)CC3)cc2)c1. The van der Waals surface area contributed by atoms with E-state index in [9.17, 15) is 23.2 Å². The van der Waals surface area contributed by atoms with Crippen molar-refractivity contribution in [3.63, 3.8) is 0 Å². The molecule has 1 aliphatic rings. The van der Waals surface area contributed by atoms with E-state index in [4.69, 9.17) is 5.11 Å². The molecule has 0 aliphatic heterocycles. The molecule has 10 heteroatoms. The van der Waals surface area contributed by atoms with Crippen molar-refractivity contribution in [2.75, 3.05) is 23.0 Å². The lowest BCUT2D eigenvalue weighted by molar-refractivity contribution is -0.163. The van der Waals surface area contributed by atoms with E-state index in [-0.39, 0.29) is 23.6 Å². The molecule has 45 heavy (non-hydrogen) atoms. The first-order chi connectivity index (χ1) is 21.3. The number of carboxylic acids is 1. The summed E-state index contributed by atoms with van der Waals surface area (Å²) < 4.78 is 26.8. The van der Waals surface area contributed by atoms with Gasteiger partial charge in [-0.25, -0.2) is 9.59 Å². The summed E-state index contributed by atoms with van der Waals surface area (Å²) in [4.78, 5) is 39.2. The van der Waals surface area contributed by atoms with Crippen molar-refractivity contribution < 1.29 is 28.3 Å². The fourth-order valence-electron chi connectivity index (χ4n) is 5.22. The van der Waals surface area contributed by atoms with Gasteiger partial charge in [0.15, 0.2) is 0 Å². The van der Waals surface area contributed by atoms with Gasteiger partial charge >= 0.3 is 17.9 Å². The molecule has 7 nitrogen and oxygen atoms in total. The fraction of sp³-hybridized carbons (Fsp3) is 0.343. The van der Waals surface area contributed by atoms with Gasteiger partial charge in [-0.3, -0.25) is 9.69 Å². The third-order valence-corrected chi connectivity index (χ3v) is 8.82. The molecule has 3 aromatic carbocycles. The van der Waals surface area contributed by atoms with Crippen LogP contribution in [0.1, 0.15) is 61.5 Å². The highest BCUT2D eigenvalue weighted by Gasteiger charge is 2.39. The maximum absolute atomic E-state index is 13.7. The van der Waals surface area contributed by atoms with Crippen LogP contribution in [-0.4, -0.2) is 41.7 Å². The standard InChI is InChI=1S/C35H39F2N3O4S/c1-34(2,3)27-16-12-24(13-17-27)25-14-18-29(19-15-25)40(33(44)39-28-6-5-7-30(20-28)45-4)21-23-8-10-26(11-9-23)31(41)38-22-35(36,37)32(42)43/h5-12,14-15,18-20,27H,13,16-17,21-22H2,1-4H3,(H,38,41)(H,39,44)(H,42,43). The number of carbonyl (C=O) groups excluding carboxylic acids is 2. The number of aliphatic carboxylic acids is 1. The molecular weight excluding hydrogens is 596 g/mol. The highest BCUT2D eigenvalue weighted by Crippen LogP contribution is 2.40. The molecule has 4 rings (SSSR count). The molecular formula is C35H39F2N3O4S. The first kappa shape index (κ1) is 33.7. The van der Waals surface area contributed by atoms with Crippen molar-refractivity contribution >= 4 is 46.6 Å². The van der Waals surface area contributed by atoms with Crippen LogP contribution in [0.5, 0.6) is 0 Å². The van der Waals surface area contributed by atoms with Crippen molar-refractivity contribution in [3.05, 3.63) is 95.6 Å². The number of urea groups is 1. The highest BCUT2D eigenvalue weighted by molar-refractivity contribution is 7.98. The number of nitrogens with one attached hydrogen (secondary N) is 2. The summed E-state index contributed by atoms with van der Waals surface area (Å²) in [6.07, 6.45) is 7.47. The average Bonchev–Trinajstić information content (AvgIpc) is 3.02. The molecule has 3 amide bonds. The van der Waals surface area contributed by atoms with Crippen LogP contribution < -0.4 is 15.5 Å². The largest absolute Gasteiger partial charge is 0.477 e. The van der Waals surface area contributed by atoms with E-state index in [1.165, 1.54) is 17.7 Å². The quantitative estimate of drug-likeness (QED) is 0.195. The number of anilines is 2. The lowest BCUT2D eigenvalue weighted by atomic mass is 9.72. The summed E-state index contributed by atoms with van der Waals surface area (Å²) in [7, 11) is 0. The van der Waals surface area contributed by atoms with Crippen LogP contribution in [0.15, 0.2) is 83.8 Å². The molecule has 0 aromatic heterocycles. The second kappa shape index (κ2) is 14.3. The number of carbonyl (C=O) groups is 3. The van der Waals surface area contributed by atoms with E-state index in [0.717, 1.165) is 29.7 Å². The zero-order valence-corrected chi connectivity index (χ0v) is 26.7. The average molecular weight is 636 g/mol. The molecule has 1 atom stereocenters. The molecule has 238 valence electrons. The zero-order valence-electron chi connectivity index (χ0n) is 25.9. The third kappa shape index (κ3) is 8.94. The van der Waals surface area contributed by atoms with Crippen molar-refractivity contribution in [1.29, 1.82) is 0 Å². The molecule has 1 unspecified atom stereocenters. The van der Waals surface area contributed by atoms with Crippen LogP contribution in [0.4, 0.5) is 25.0 Å². The fourth-order valence-corrected chi connectivity index (χ4v) is 5.68. The van der Waals surface area contributed by atoms with Crippen LogP contribution in [0.25, 0.3) is 5.57 Å². The van der Waals surface area contributed by atoms with Crippen LogP contribution in [0.3, 0.4) is 0 Å². The Morgan fingerprint density at radius 1 is 1.00 bits per heavy atom. The number of alkyl halides is 2. The second-order valence-electron chi connectivity index (χ2n) is 12.3. The lowest BCUT2D eigenvalue weighted by Gasteiger charge is -2.33. The number of rotatable bonds is 10. The summed E-state index contributed by atoms with van der Waals surface area (Å²) in [5, 5.41) is 13.5. The number of nitrogens with zero attached hydrogens (tertiary/aromatic N) is 1. The van der Waals surface area contributed by atoms with Gasteiger partial charge in [0.05, 0.1) is 13.1 Å². The summed E-state index contributed by atoms with van der Waals surface area (Å²) >= 11 is 1.57. The van der Waals surface area contributed by atoms with Gasteiger partial charge in [0.1, 0.15) is 0 Å². The molecule has 0 saturated carbocycles. The van der Waals surface area contributed by atoms with E-state index in [1.54, 1.807) is 28.8 Å². The zero-order chi connectivity index (χ0) is 32.8. The predicted octanol–water partition coefficient (Wildman–Crippen LogP) is 8.33. The molecule has 0 radical (unpaired) electrons. The Labute approximate surface area is 267 Å². The predicted molar refractivity (Wildman–Crippen MR) is 176 cm³/mol. The number of hydrogen-bond donors (Lipinski definition) is 3. The number of thioether (sulfide) groups is 1. The topological polar surface area (TPSA) is 98.7 Å². The monoisotopic (exact) mass is 635 g/mol. The minimum atomic E-state index is -4.07. The Balaban J connectivity index is 1.53. The van der Waals surface area contributed by atoms with Gasteiger partial charge < -0.3 is 15.7 Å². The van der Waals surface area contributed by atoms with Crippen LogP contribution >= 0.6 is 11.8 Å². The van der Waals surface area contributed by atoms with E-state index >= 15 is 0 Å². The van der Waals surface area contributed by atoms with E-state index in [2.05, 4.69) is 32.2 Å². The second-order valence-corrected chi connectivity index (χ2v) is 13.1. The molecule has 3 N–H and O–H groups in total. The molecule has 0 saturated heterocycles. The van der Waals surface area contributed by atoms with Crippen molar-refractivity contribution in [3.8, 4) is 0 Å². The Bertz CT molecular complexity index is 1550. The number of amides is 3. The maximum atomic E-state index is 13.7. The normalized spacial score (nSPS) is 15.2. The third-order valence-electron chi connectivity index (χ3n) is 8.09. The molecule has 0 spiro atoms. The van der Waals surface area contributed by atoms with Gasteiger partial charge in [0.25, 0.3) is 5.91 Å². The van der Waals surface area contributed by atoms with Gasteiger partial charge in [0, 0.05) is 21.8 Å². The van der Waals surface area contributed by atoms with Crippen molar-refractivity contribution in [2.45, 2.75) is 57.4 Å². The first-order valence-electron chi connectivity index (χ1n) is 14.8. The number of benzene rings is 3. The van der Waals surface area contributed by atoms with E-state index in [0.29, 0.717) is 22.9 Å². The maximum Gasteiger partial charge on any atom is 0.376 e. The lowest BCUT2D eigenvalue weighted by Crippen LogP contribution is -2.42. The molecule has 0 bridgehead atoms. The number of halogens is 2. The summed E-state index contributed by atoms with van der Waals surface area (Å²) in [6, 6.07) is 21.3. The van der Waals surface area contributed by atoms with E-state index < -0.39 is 24.3 Å². The summed E-state index contributed by atoms with van der Waals surface area (Å²) in [5.74, 6) is -6.56. The minimum absolute atomic E-state index is 0.0867. The Morgan fingerprint density at radius 2 is 1.69 bits per heavy atom. The Kier molecular flexibility index (Phi) is 10.7. The summed E-state index contributed by atoms with van der Waals surface area (Å²) in [5.41, 5.74) is 4.82. The van der Waals surface area contributed by atoms with Gasteiger partial charge in [0.2, 0.25) is 0 Å². The van der Waals surface area contributed by atoms with Gasteiger partial charge in [-0.15, -0.1) is 11.8 Å². The van der Waals surface area contributed by atoms with Crippen LogP contribution in [0.2, 0.25) is 0 Å². The first-order valence-corrected chi connectivity index (χ1v) is 16.0. The number of hydrogen-bond acceptors (Lipinski definition) is 4.